The maximum atomic E-state index is 12.2. The molecule has 0 fully saturated rings. The molecule has 0 spiro atoms. The van der Waals surface area contributed by atoms with Crippen LogP contribution in [0.25, 0.3) is 0 Å². The van der Waals surface area contributed by atoms with Crippen molar-refractivity contribution in [2.45, 2.75) is 26.0 Å². The lowest BCUT2D eigenvalue weighted by molar-refractivity contribution is 0.0588. The molecule has 2 aromatic rings. The fourth-order valence-corrected chi connectivity index (χ4v) is 2.26. The van der Waals surface area contributed by atoms with Gasteiger partial charge in [-0.1, -0.05) is 30.3 Å². The monoisotopic (exact) mass is 375 g/mol. The van der Waals surface area contributed by atoms with Gasteiger partial charge in [-0.05, 0) is 19.4 Å². The first-order valence-corrected chi connectivity index (χ1v) is 8.04. The van der Waals surface area contributed by atoms with E-state index < -0.39 is 23.2 Å². The SMILES string of the molecule is COC(=O)c1nc(C(C)(C)NC(=O)OCc2ccccc2)[nH]c(=O)c1OC. The maximum Gasteiger partial charge on any atom is 0.408 e. The van der Waals surface area contributed by atoms with E-state index in [9.17, 15) is 14.4 Å². The van der Waals surface area contributed by atoms with E-state index in [2.05, 4.69) is 20.0 Å². The number of hydrogen-bond donors (Lipinski definition) is 2. The summed E-state index contributed by atoms with van der Waals surface area (Å²) in [6.45, 7) is 3.29. The van der Waals surface area contributed by atoms with E-state index in [1.165, 1.54) is 7.11 Å². The lowest BCUT2D eigenvalue weighted by atomic mass is 10.0. The van der Waals surface area contributed by atoms with Crippen molar-refractivity contribution in [2.24, 2.45) is 0 Å². The lowest BCUT2D eigenvalue weighted by Gasteiger charge is -2.25. The molecule has 1 aromatic carbocycles. The number of aromatic nitrogens is 2. The number of methoxy groups -OCH3 is 2. The number of carbonyl (C=O) groups excluding carboxylic acids is 2. The van der Waals surface area contributed by atoms with Crippen LogP contribution < -0.4 is 15.6 Å². The molecule has 144 valence electrons. The van der Waals surface area contributed by atoms with Crippen molar-refractivity contribution in [3.05, 3.63) is 57.8 Å². The Kier molecular flexibility index (Phi) is 6.17. The van der Waals surface area contributed by atoms with Gasteiger partial charge in [-0.25, -0.2) is 14.6 Å². The molecule has 0 saturated heterocycles. The third-order valence-electron chi connectivity index (χ3n) is 3.68. The average Bonchev–Trinajstić information content (AvgIpc) is 2.65. The molecule has 1 aromatic heterocycles. The highest BCUT2D eigenvalue weighted by Crippen LogP contribution is 2.19. The maximum absolute atomic E-state index is 12.2. The molecule has 0 aliphatic rings. The van der Waals surface area contributed by atoms with Crippen LogP contribution in [0.4, 0.5) is 4.79 Å². The number of rotatable bonds is 6. The van der Waals surface area contributed by atoms with E-state index >= 15 is 0 Å². The van der Waals surface area contributed by atoms with Crippen LogP contribution in [0.3, 0.4) is 0 Å². The molecule has 1 heterocycles. The van der Waals surface area contributed by atoms with Gasteiger partial charge < -0.3 is 24.5 Å². The molecule has 0 aliphatic carbocycles. The zero-order valence-electron chi connectivity index (χ0n) is 15.5. The van der Waals surface area contributed by atoms with Crippen LogP contribution in [-0.2, 0) is 21.6 Å². The standard InChI is InChI=1S/C18H21N3O6/c1-18(2,21-17(24)27-10-11-8-6-5-7-9-11)16-19-12(15(23)26-4)13(25-3)14(22)20-16/h5-9H,10H2,1-4H3,(H,21,24)(H,19,20,22). The summed E-state index contributed by atoms with van der Waals surface area (Å²) in [6, 6.07) is 9.17. The Bertz CT molecular complexity index is 876. The summed E-state index contributed by atoms with van der Waals surface area (Å²) in [5.74, 6) is -1.06. The van der Waals surface area contributed by atoms with E-state index in [0.717, 1.165) is 12.7 Å². The fraction of sp³-hybridized carbons (Fsp3) is 0.333. The van der Waals surface area contributed by atoms with Gasteiger partial charge in [-0.2, -0.15) is 0 Å². The number of nitrogens with one attached hydrogen (secondary N) is 2. The average molecular weight is 375 g/mol. The normalized spacial score (nSPS) is 10.8. The van der Waals surface area contributed by atoms with Gasteiger partial charge in [0, 0.05) is 0 Å². The van der Waals surface area contributed by atoms with E-state index in [4.69, 9.17) is 9.47 Å². The molecule has 2 N–H and O–H groups in total. The van der Waals surface area contributed by atoms with Crippen LogP contribution in [-0.4, -0.2) is 36.3 Å². The number of carbonyl (C=O) groups is 2. The molecule has 0 radical (unpaired) electrons. The Balaban J connectivity index is 2.20. The predicted molar refractivity (Wildman–Crippen MR) is 95.5 cm³/mol. The second-order valence-corrected chi connectivity index (χ2v) is 6.10. The minimum absolute atomic E-state index is 0.0466. The third kappa shape index (κ3) is 4.84. The first-order chi connectivity index (χ1) is 12.8. The van der Waals surface area contributed by atoms with E-state index in [-0.39, 0.29) is 23.9 Å². The summed E-state index contributed by atoms with van der Waals surface area (Å²) in [7, 11) is 2.40. The number of H-pyrrole nitrogens is 1. The van der Waals surface area contributed by atoms with Crippen molar-refractivity contribution in [2.75, 3.05) is 14.2 Å². The molecular weight excluding hydrogens is 354 g/mol. The molecule has 2 rings (SSSR count). The highest BCUT2D eigenvalue weighted by atomic mass is 16.5. The topological polar surface area (TPSA) is 120 Å². The number of hydrogen-bond acceptors (Lipinski definition) is 7. The van der Waals surface area contributed by atoms with Gasteiger partial charge >= 0.3 is 12.1 Å². The van der Waals surface area contributed by atoms with E-state index in [0.29, 0.717) is 0 Å². The van der Waals surface area contributed by atoms with E-state index in [1.54, 1.807) is 13.8 Å². The zero-order valence-corrected chi connectivity index (χ0v) is 15.5. The first-order valence-electron chi connectivity index (χ1n) is 8.04. The Morgan fingerprint density at radius 3 is 2.44 bits per heavy atom. The molecule has 1 amide bonds. The quantitative estimate of drug-likeness (QED) is 0.738. The van der Waals surface area contributed by atoms with Gasteiger partial charge in [0.05, 0.1) is 19.8 Å². The highest BCUT2D eigenvalue weighted by molar-refractivity contribution is 5.90. The van der Waals surface area contributed by atoms with Crippen LogP contribution >= 0.6 is 0 Å². The van der Waals surface area contributed by atoms with Crippen LogP contribution in [0.2, 0.25) is 0 Å². The number of nitrogens with zero attached hydrogens (tertiary/aromatic N) is 1. The van der Waals surface area contributed by atoms with Crippen molar-refractivity contribution in [3.8, 4) is 5.75 Å². The van der Waals surface area contributed by atoms with Crippen molar-refractivity contribution in [3.63, 3.8) is 0 Å². The first kappa shape index (κ1) is 20.0. The second-order valence-electron chi connectivity index (χ2n) is 6.10. The molecule has 9 nitrogen and oxygen atoms in total. The molecule has 9 heteroatoms. The van der Waals surface area contributed by atoms with Gasteiger partial charge in [0.2, 0.25) is 5.75 Å². The molecule has 0 unspecified atom stereocenters. The summed E-state index contributed by atoms with van der Waals surface area (Å²) < 4.78 is 14.7. The van der Waals surface area contributed by atoms with Gasteiger partial charge in [-0.3, -0.25) is 4.79 Å². The van der Waals surface area contributed by atoms with Crippen LogP contribution in [0, 0.1) is 0 Å². The van der Waals surface area contributed by atoms with Crippen molar-refractivity contribution < 1.29 is 23.8 Å². The third-order valence-corrected chi connectivity index (χ3v) is 3.68. The van der Waals surface area contributed by atoms with Crippen molar-refractivity contribution >= 4 is 12.1 Å². The van der Waals surface area contributed by atoms with Crippen LogP contribution in [0.15, 0.2) is 35.1 Å². The molecule has 0 saturated carbocycles. The fourth-order valence-electron chi connectivity index (χ4n) is 2.26. The van der Waals surface area contributed by atoms with Crippen molar-refractivity contribution in [1.82, 2.24) is 15.3 Å². The molecule has 0 atom stereocenters. The lowest BCUT2D eigenvalue weighted by Crippen LogP contribution is -2.44. The van der Waals surface area contributed by atoms with Crippen LogP contribution in [0.5, 0.6) is 5.75 Å². The Morgan fingerprint density at radius 1 is 1.19 bits per heavy atom. The number of ether oxygens (including phenoxy) is 3. The van der Waals surface area contributed by atoms with Crippen LogP contribution in [0.1, 0.15) is 35.7 Å². The minimum atomic E-state index is -1.14. The minimum Gasteiger partial charge on any atom is -0.489 e. The summed E-state index contributed by atoms with van der Waals surface area (Å²) in [5.41, 5.74) is -1.27. The smallest absolute Gasteiger partial charge is 0.408 e. The number of benzene rings is 1. The molecule has 0 bridgehead atoms. The largest absolute Gasteiger partial charge is 0.489 e. The highest BCUT2D eigenvalue weighted by Gasteiger charge is 2.30. The van der Waals surface area contributed by atoms with Gasteiger partial charge in [-0.15, -0.1) is 0 Å². The second kappa shape index (κ2) is 8.35. The van der Waals surface area contributed by atoms with Gasteiger partial charge in [0.1, 0.15) is 12.4 Å². The predicted octanol–water partition coefficient (Wildman–Crippen LogP) is 1.73. The van der Waals surface area contributed by atoms with Gasteiger partial charge in [0.15, 0.2) is 5.69 Å². The number of esters is 1. The molecule has 27 heavy (non-hydrogen) atoms. The number of amides is 1. The summed E-state index contributed by atoms with van der Waals surface area (Å²) in [4.78, 5) is 42.8. The number of aromatic amines is 1. The summed E-state index contributed by atoms with van der Waals surface area (Å²) in [5, 5.41) is 2.60. The Hall–Kier alpha value is -3.36. The Morgan fingerprint density at radius 2 is 1.85 bits per heavy atom. The Labute approximate surface area is 155 Å². The van der Waals surface area contributed by atoms with E-state index in [1.807, 2.05) is 30.3 Å². The zero-order chi connectivity index (χ0) is 20.0. The summed E-state index contributed by atoms with van der Waals surface area (Å²) >= 11 is 0. The van der Waals surface area contributed by atoms with Gasteiger partial charge in [0.25, 0.3) is 5.56 Å². The molecule has 0 aliphatic heterocycles. The number of alkyl carbamates (subject to hydrolysis) is 1. The van der Waals surface area contributed by atoms with Crippen molar-refractivity contribution in [1.29, 1.82) is 0 Å². The molecular formula is C18H21N3O6. The summed E-state index contributed by atoms with van der Waals surface area (Å²) in [6.07, 6.45) is -0.707.